The lowest BCUT2D eigenvalue weighted by Crippen LogP contribution is -2.21. The molecule has 0 saturated carbocycles. The Balaban J connectivity index is 1.59. The van der Waals surface area contributed by atoms with E-state index in [1.807, 2.05) is 12.1 Å². The van der Waals surface area contributed by atoms with Crippen LogP contribution >= 0.6 is 11.6 Å². The molecule has 0 aliphatic rings. The third-order valence-corrected chi connectivity index (χ3v) is 5.02. The van der Waals surface area contributed by atoms with Gasteiger partial charge in [-0.2, -0.15) is 5.10 Å². The number of hydrogen-bond acceptors (Lipinski definition) is 7. The van der Waals surface area contributed by atoms with Crippen molar-refractivity contribution in [3.05, 3.63) is 109 Å². The number of carbonyl (C=O) groups excluding carboxylic acids is 1. The van der Waals surface area contributed by atoms with Crippen LogP contribution < -0.4 is 10.2 Å². The minimum atomic E-state index is -0.763. The number of halogens is 1. The van der Waals surface area contributed by atoms with Crippen molar-refractivity contribution in [1.29, 1.82) is 0 Å². The normalized spacial score (nSPS) is 11.1. The van der Waals surface area contributed by atoms with Gasteiger partial charge in [0, 0.05) is 16.7 Å². The zero-order valence-corrected chi connectivity index (χ0v) is 18.7. The monoisotopic (exact) mass is 482 g/mol. The lowest BCUT2D eigenvalue weighted by Gasteiger charge is -2.08. The molecule has 0 atom stereocenters. The Hall–Kier alpha value is -4.31. The second-order valence-corrected chi connectivity index (χ2v) is 7.61. The fourth-order valence-corrected chi connectivity index (χ4v) is 3.07. The number of nitrogens with zero attached hydrogens (tertiary/aromatic N) is 3. The number of nitrogens with one attached hydrogen (secondary N) is 1. The Bertz CT molecular complexity index is 1240. The molecule has 10 nitrogen and oxygen atoms in total. The van der Waals surface area contributed by atoms with Gasteiger partial charge in [0.2, 0.25) is 5.91 Å². The van der Waals surface area contributed by atoms with Gasteiger partial charge in [-0.25, -0.2) is 5.43 Å². The minimum Gasteiger partial charge on any atom is -0.489 e. The smallest absolute Gasteiger partial charge is 0.279 e. The SMILES string of the molecule is C/C(=N/NC(=O)Cc1ccc([N+](=O)[O-])cc1[N+](=O)[O-])c1ccc(OCc2ccc(Cl)cc2)cc1. The van der Waals surface area contributed by atoms with Gasteiger partial charge in [0.1, 0.15) is 12.4 Å². The van der Waals surface area contributed by atoms with E-state index in [-0.39, 0.29) is 12.0 Å². The van der Waals surface area contributed by atoms with Gasteiger partial charge in [-0.3, -0.25) is 25.0 Å². The second kappa shape index (κ2) is 11.0. The Labute approximate surface area is 199 Å². The molecule has 0 spiro atoms. The van der Waals surface area contributed by atoms with Crippen molar-refractivity contribution in [2.75, 3.05) is 0 Å². The van der Waals surface area contributed by atoms with Crippen LogP contribution in [-0.4, -0.2) is 21.5 Å². The predicted octanol–water partition coefficient (Wildman–Crippen LogP) is 4.82. The van der Waals surface area contributed by atoms with Crippen molar-refractivity contribution in [1.82, 2.24) is 5.43 Å². The van der Waals surface area contributed by atoms with Crippen LogP contribution in [0, 0.1) is 20.2 Å². The number of nitro benzene ring substituents is 2. The highest BCUT2D eigenvalue weighted by atomic mass is 35.5. The van der Waals surface area contributed by atoms with E-state index in [1.165, 1.54) is 6.07 Å². The van der Waals surface area contributed by atoms with Gasteiger partial charge in [0.15, 0.2) is 0 Å². The molecule has 0 fully saturated rings. The molecule has 1 amide bonds. The van der Waals surface area contributed by atoms with Gasteiger partial charge >= 0.3 is 0 Å². The highest BCUT2D eigenvalue weighted by Crippen LogP contribution is 2.25. The van der Waals surface area contributed by atoms with Crippen LogP contribution in [0.15, 0.2) is 71.8 Å². The van der Waals surface area contributed by atoms with Crippen LogP contribution in [0.5, 0.6) is 5.75 Å². The fraction of sp³-hybridized carbons (Fsp3) is 0.130. The highest BCUT2D eigenvalue weighted by molar-refractivity contribution is 6.30. The van der Waals surface area contributed by atoms with Crippen LogP contribution in [0.3, 0.4) is 0 Å². The van der Waals surface area contributed by atoms with Crippen molar-refractivity contribution < 1.29 is 19.4 Å². The molecule has 1 N–H and O–H groups in total. The first-order valence-electron chi connectivity index (χ1n) is 9.95. The lowest BCUT2D eigenvalue weighted by atomic mass is 10.1. The molecule has 0 unspecified atom stereocenters. The Morgan fingerprint density at radius 3 is 2.29 bits per heavy atom. The van der Waals surface area contributed by atoms with Crippen LogP contribution in [0.4, 0.5) is 11.4 Å². The largest absolute Gasteiger partial charge is 0.489 e. The fourth-order valence-electron chi connectivity index (χ4n) is 2.95. The summed E-state index contributed by atoms with van der Waals surface area (Å²) in [6, 6.07) is 17.6. The lowest BCUT2D eigenvalue weighted by molar-refractivity contribution is -0.394. The van der Waals surface area contributed by atoms with Crippen molar-refractivity contribution in [2.45, 2.75) is 20.0 Å². The van der Waals surface area contributed by atoms with Gasteiger partial charge in [0.25, 0.3) is 11.4 Å². The maximum absolute atomic E-state index is 12.2. The molecule has 3 aromatic carbocycles. The number of rotatable bonds is 9. The zero-order chi connectivity index (χ0) is 24.7. The van der Waals surface area contributed by atoms with E-state index in [9.17, 15) is 25.0 Å². The molecule has 0 saturated heterocycles. The average molecular weight is 483 g/mol. The summed E-state index contributed by atoms with van der Waals surface area (Å²) in [6.45, 7) is 2.08. The van der Waals surface area contributed by atoms with Gasteiger partial charge in [0.05, 0.1) is 28.0 Å². The van der Waals surface area contributed by atoms with Crippen molar-refractivity contribution >= 4 is 34.6 Å². The molecular weight excluding hydrogens is 464 g/mol. The Morgan fingerprint density at radius 2 is 1.68 bits per heavy atom. The zero-order valence-electron chi connectivity index (χ0n) is 17.9. The Morgan fingerprint density at radius 1 is 1.00 bits per heavy atom. The van der Waals surface area contributed by atoms with Gasteiger partial charge in [-0.05, 0) is 60.5 Å². The summed E-state index contributed by atoms with van der Waals surface area (Å²) < 4.78 is 5.74. The molecule has 174 valence electrons. The van der Waals surface area contributed by atoms with E-state index in [4.69, 9.17) is 16.3 Å². The highest BCUT2D eigenvalue weighted by Gasteiger charge is 2.21. The summed E-state index contributed by atoms with van der Waals surface area (Å²) in [4.78, 5) is 32.8. The number of benzene rings is 3. The molecular formula is C23H19ClN4O6. The minimum absolute atomic E-state index is 0.0446. The molecule has 34 heavy (non-hydrogen) atoms. The van der Waals surface area contributed by atoms with E-state index in [1.54, 1.807) is 43.3 Å². The molecule has 3 rings (SSSR count). The predicted molar refractivity (Wildman–Crippen MR) is 126 cm³/mol. The molecule has 0 radical (unpaired) electrons. The van der Waals surface area contributed by atoms with Crippen LogP contribution in [0.2, 0.25) is 5.02 Å². The molecule has 0 aliphatic heterocycles. The van der Waals surface area contributed by atoms with Gasteiger partial charge in [-0.15, -0.1) is 0 Å². The topological polar surface area (TPSA) is 137 Å². The summed E-state index contributed by atoms with van der Waals surface area (Å²) in [5.41, 5.74) is 3.69. The first-order valence-corrected chi connectivity index (χ1v) is 10.3. The number of hydrazone groups is 1. The summed E-state index contributed by atoms with van der Waals surface area (Å²) in [5, 5.41) is 26.7. The number of hydrogen-bond donors (Lipinski definition) is 1. The van der Waals surface area contributed by atoms with E-state index < -0.39 is 27.1 Å². The maximum atomic E-state index is 12.2. The third kappa shape index (κ3) is 6.59. The number of amides is 1. The van der Waals surface area contributed by atoms with Crippen molar-refractivity contribution in [2.24, 2.45) is 5.10 Å². The number of carbonyl (C=O) groups is 1. The van der Waals surface area contributed by atoms with E-state index in [0.717, 1.165) is 23.3 Å². The van der Waals surface area contributed by atoms with Gasteiger partial charge in [-0.1, -0.05) is 23.7 Å². The molecule has 3 aromatic rings. The quantitative estimate of drug-likeness (QED) is 0.264. The Kier molecular flexibility index (Phi) is 7.88. The maximum Gasteiger partial charge on any atom is 0.279 e. The van der Waals surface area contributed by atoms with Crippen molar-refractivity contribution in [3.63, 3.8) is 0 Å². The van der Waals surface area contributed by atoms with Crippen LogP contribution in [-0.2, 0) is 17.8 Å². The molecule has 0 aromatic heterocycles. The molecule has 0 aliphatic carbocycles. The van der Waals surface area contributed by atoms with Gasteiger partial charge < -0.3 is 4.74 Å². The van der Waals surface area contributed by atoms with E-state index in [2.05, 4.69) is 10.5 Å². The average Bonchev–Trinajstić information content (AvgIpc) is 2.82. The summed E-state index contributed by atoms with van der Waals surface area (Å²) in [6.07, 6.45) is -0.359. The first-order chi connectivity index (χ1) is 16.2. The van der Waals surface area contributed by atoms with E-state index in [0.29, 0.717) is 23.1 Å². The van der Waals surface area contributed by atoms with E-state index >= 15 is 0 Å². The summed E-state index contributed by atoms with van der Waals surface area (Å²) in [7, 11) is 0. The molecule has 11 heteroatoms. The number of nitro groups is 2. The van der Waals surface area contributed by atoms with Crippen LogP contribution in [0.1, 0.15) is 23.6 Å². The standard InChI is InChI=1S/C23H19ClN4O6/c1-15(17-5-10-21(11-6-17)34-14-16-2-7-19(24)8-3-16)25-26-23(29)12-18-4-9-20(27(30)31)13-22(18)28(32)33/h2-11,13H,12,14H2,1H3,(H,26,29)/b25-15-. The summed E-state index contributed by atoms with van der Waals surface area (Å²) in [5.74, 6) is 0.0558. The third-order valence-electron chi connectivity index (χ3n) is 4.77. The number of non-ortho nitro benzene ring substituents is 1. The first kappa shape index (κ1) is 24.3. The number of ether oxygens (including phenoxy) is 1. The summed E-state index contributed by atoms with van der Waals surface area (Å²) >= 11 is 5.87. The molecule has 0 heterocycles. The molecule has 0 bridgehead atoms. The van der Waals surface area contributed by atoms with Crippen molar-refractivity contribution in [3.8, 4) is 5.75 Å². The second-order valence-electron chi connectivity index (χ2n) is 7.18. The van der Waals surface area contributed by atoms with Crippen LogP contribution in [0.25, 0.3) is 0 Å².